The van der Waals surface area contributed by atoms with E-state index in [0.717, 1.165) is 110 Å². The summed E-state index contributed by atoms with van der Waals surface area (Å²) in [4.78, 5) is 76.3. The van der Waals surface area contributed by atoms with Gasteiger partial charge in [-0.3, -0.25) is 0 Å². The van der Waals surface area contributed by atoms with Gasteiger partial charge in [0.2, 0.25) is 0 Å². The number of carboxylic acids is 2. The van der Waals surface area contributed by atoms with Crippen LogP contribution in [0.15, 0.2) is 153 Å². The molecule has 38 heteroatoms. The summed E-state index contributed by atoms with van der Waals surface area (Å²) in [5.41, 5.74) is 9.45. The molecule has 2 saturated heterocycles. The Hall–Kier alpha value is -11.9. The zero-order valence-corrected chi connectivity index (χ0v) is 67.4. The fraction of sp³-hybridized carbons (Fsp3) is 0.286. The summed E-state index contributed by atoms with van der Waals surface area (Å²) in [6, 6.07) is 28.7. The van der Waals surface area contributed by atoms with Crippen molar-refractivity contribution in [1.82, 2.24) is 84.5 Å². The summed E-state index contributed by atoms with van der Waals surface area (Å²) in [5.74, 6) is 3.15. The van der Waals surface area contributed by atoms with Crippen molar-refractivity contribution in [1.29, 1.82) is 0 Å². The number of hydrogen-bond acceptors (Lipinski definition) is 28. The Morgan fingerprint density at radius 3 is 0.783 bits per heavy atom. The number of aryl methyl sites for hydroxylation is 5. The van der Waals surface area contributed by atoms with Crippen LogP contribution in [0.2, 0.25) is 0 Å². The second-order valence-electron chi connectivity index (χ2n) is 24.7. The van der Waals surface area contributed by atoms with Crippen molar-refractivity contribution in [3.05, 3.63) is 181 Å². The number of rotatable bonds is 23. The van der Waals surface area contributed by atoms with Gasteiger partial charge in [0.25, 0.3) is 0 Å². The van der Waals surface area contributed by atoms with Gasteiger partial charge in [-0.1, -0.05) is 0 Å². The van der Waals surface area contributed by atoms with Crippen LogP contribution in [0.1, 0.15) is 55.5 Å². The van der Waals surface area contributed by atoms with Crippen molar-refractivity contribution in [3.8, 4) is 85.7 Å². The number of carboxylic acid groups (broad SMARTS) is 2. The fourth-order valence-electron chi connectivity index (χ4n) is 9.43. The summed E-state index contributed by atoms with van der Waals surface area (Å²) in [7, 11) is 8.05. The Labute approximate surface area is 694 Å². The molecular weight excluding hydrogens is 1500 g/mol. The molecule has 115 heavy (non-hydrogen) atoms. The maximum atomic E-state index is 11.6. The van der Waals surface area contributed by atoms with E-state index in [-0.39, 0.29) is 91.5 Å². The van der Waals surface area contributed by atoms with Gasteiger partial charge in [-0.15, -0.1) is 37.9 Å². The van der Waals surface area contributed by atoms with E-state index in [1.165, 1.54) is 97.9 Å². The molecule has 0 spiro atoms. The molecule has 12 rings (SSSR count). The molecule has 2 aliphatic rings. The number of nitrogens with one attached hydrogen (secondary N) is 2. The van der Waals surface area contributed by atoms with Crippen molar-refractivity contribution < 1.29 is 126 Å². The Kier molecular flexibility index (Phi) is 43.4. The minimum atomic E-state index is -1.03. The number of hydrogen-bond donors (Lipinski definition) is 5. The van der Waals surface area contributed by atoms with E-state index in [4.69, 9.17) is 53.2 Å². The van der Waals surface area contributed by atoms with E-state index < -0.39 is 23.9 Å². The number of carbonyl (C=O) groups excluding carboxylic acids is 3. The third-order valence-corrected chi connectivity index (χ3v) is 14.6. The van der Waals surface area contributed by atoms with E-state index >= 15 is 0 Å². The van der Waals surface area contributed by atoms with Crippen molar-refractivity contribution in [3.63, 3.8) is 0 Å². The first-order valence-corrected chi connectivity index (χ1v) is 34.1. The molecule has 35 nitrogen and oxygen atoms in total. The molecule has 7 heterocycles. The van der Waals surface area contributed by atoms with Crippen LogP contribution in [0, 0.1) is 34.6 Å². The number of aliphatic hydroxyl groups is 1. The second-order valence-corrected chi connectivity index (χ2v) is 24.7. The number of carbonyl (C=O) groups is 5. The molecule has 5 aromatic carbocycles. The second kappa shape index (κ2) is 50.3. The van der Waals surface area contributed by atoms with Crippen LogP contribution in [0.3, 0.4) is 0 Å². The number of nitrogens with zero attached hydrogens (tertiary/aromatic N) is 15. The van der Waals surface area contributed by atoms with Crippen molar-refractivity contribution in [2.24, 2.45) is 0 Å². The predicted molar refractivity (Wildman–Crippen MR) is 421 cm³/mol. The van der Waals surface area contributed by atoms with Crippen LogP contribution in [0.5, 0.6) is 28.7 Å². The first kappa shape index (κ1) is 99.2. The minimum Gasteiger partial charge on any atom is -0.870 e. The molecule has 0 radical (unpaired) electrons. The van der Waals surface area contributed by atoms with Crippen LogP contribution in [-0.2, 0) is 38.2 Å². The van der Waals surface area contributed by atoms with E-state index in [9.17, 15) is 24.0 Å². The number of aliphatic hydroxyl groups excluding tert-OH is 1. The van der Waals surface area contributed by atoms with E-state index in [2.05, 4.69) is 61.0 Å². The SMILES string of the molecule is COc1cc(C)cc(-c2ncn(/C=C\C(=O)O)n2)c1.COc1cc(C)cc(-c2ncn(/C=C\C(=O)O)n2)c1.COc1cc(C)cc(-c2ncn(/C=C\C(=O)OC(C)C)n2)c1.COc1cc(C)cc(-c2ncn(/C=C\C(=O)OC(C)C)n2)c1.COc1cc(C)cc(-c2ncn(/C=C\C(=O)OC3CNC3)n2)c1.Cl.OC1CNC1.[Li+].[Li+].[OH-].[OH-]. The number of methoxy groups -OCH3 is 5. The first-order chi connectivity index (χ1) is 52.6. The zero-order chi connectivity index (χ0) is 79.8. The normalized spacial score (nSPS) is 11.9. The molecule has 0 aliphatic carbocycles. The summed E-state index contributed by atoms with van der Waals surface area (Å²) in [6.07, 6.45) is 20.3. The van der Waals surface area contributed by atoms with Gasteiger partial charge in [0.1, 0.15) is 66.5 Å². The van der Waals surface area contributed by atoms with Gasteiger partial charge in [0.15, 0.2) is 29.1 Å². The third-order valence-electron chi connectivity index (χ3n) is 14.6. The van der Waals surface area contributed by atoms with Gasteiger partial charge in [-0.05, 0) is 181 Å². The number of β-amino-alcohol motifs (C(OH)–C–C–N with tert-alkyl or cyclic N) is 1. The maximum absolute atomic E-state index is 11.6. The van der Waals surface area contributed by atoms with E-state index in [1.807, 2.05) is 126 Å². The van der Waals surface area contributed by atoms with Crippen molar-refractivity contribution >= 4 is 73.3 Å². The zero-order valence-electron chi connectivity index (χ0n) is 66.6. The number of benzene rings is 5. The molecule has 0 atom stereocenters. The monoisotopic (exact) mass is 1590 g/mol. The van der Waals surface area contributed by atoms with Crippen LogP contribution in [0.4, 0.5) is 0 Å². The molecule has 10 aromatic rings. The fourth-order valence-corrected chi connectivity index (χ4v) is 9.43. The van der Waals surface area contributed by atoms with Crippen molar-refractivity contribution in [2.75, 3.05) is 61.7 Å². The average Bonchev–Trinajstić information content (AvgIpc) is 1.76. The Morgan fingerprint density at radius 1 is 0.383 bits per heavy atom. The largest absolute Gasteiger partial charge is 1.00 e. The van der Waals surface area contributed by atoms with Gasteiger partial charge in [0.05, 0.1) is 53.9 Å². The topological polar surface area (TPSA) is 457 Å². The average molecular weight is 1590 g/mol. The van der Waals surface area contributed by atoms with Gasteiger partial charge < -0.3 is 74.8 Å². The summed E-state index contributed by atoms with van der Waals surface area (Å²) < 4.78 is 48.4. The van der Waals surface area contributed by atoms with Crippen LogP contribution >= 0.6 is 12.4 Å². The van der Waals surface area contributed by atoms with Gasteiger partial charge >= 0.3 is 67.6 Å². The molecule has 0 unspecified atom stereocenters. The van der Waals surface area contributed by atoms with Crippen LogP contribution in [-0.4, -0.2) is 216 Å². The van der Waals surface area contributed by atoms with E-state index in [1.54, 1.807) is 69.6 Å². The van der Waals surface area contributed by atoms with Gasteiger partial charge in [-0.2, -0.15) is 0 Å². The van der Waals surface area contributed by atoms with Crippen LogP contribution in [0.25, 0.3) is 87.9 Å². The molecule has 2 fully saturated rings. The van der Waals surface area contributed by atoms with Gasteiger partial charge in [0, 0.05) is 115 Å². The number of ether oxygens (including phenoxy) is 8. The van der Waals surface area contributed by atoms with E-state index in [0.29, 0.717) is 42.2 Å². The Morgan fingerprint density at radius 2 is 0.600 bits per heavy atom. The van der Waals surface area contributed by atoms with Gasteiger partial charge in [-0.25, -0.2) is 72.3 Å². The van der Waals surface area contributed by atoms with Crippen LogP contribution < -0.4 is 72.0 Å². The summed E-state index contributed by atoms with van der Waals surface area (Å²) in [5, 5.41) is 52.7. The molecule has 2 aliphatic heterocycles. The Balaban J connectivity index is 0.000000475. The minimum absolute atomic E-state index is 0. The number of aliphatic carboxylic acids is 2. The molecule has 0 bridgehead atoms. The molecule has 7 N–H and O–H groups in total. The molecular formula is C77H92ClLi2N17O18. The predicted octanol–water partition coefficient (Wildman–Crippen LogP) is 3.28. The molecule has 5 aromatic heterocycles. The van der Waals surface area contributed by atoms with Crippen molar-refractivity contribution in [2.45, 2.75) is 86.7 Å². The number of esters is 3. The first-order valence-electron chi connectivity index (χ1n) is 34.1. The number of aromatic nitrogens is 15. The quantitative estimate of drug-likeness (QED) is 0.0265. The Bertz CT molecular complexity index is 4660. The summed E-state index contributed by atoms with van der Waals surface area (Å²) in [6.45, 7) is 20.0. The summed E-state index contributed by atoms with van der Waals surface area (Å²) >= 11 is 0. The molecule has 0 amide bonds. The third kappa shape index (κ3) is 34.6. The standard InChI is InChI=1S/C16H18N4O3.2C16H19N3O3.2C13H13N3O3.C3H7NO.ClH.2Li.2H2O/c1-11-5-12(7-13(6-11)22-2)16-18-10-20(19-16)4-3-15(21)23-14-8-17-9-14;2*1-11(2)22-15(20)5-6-19-10-17-16(18-19)13-7-12(3)8-14(9-13)21-4;2*1-9-5-10(7-11(6-9)19-2)13-14-8-16(15-13)4-3-12(17)18;5-3-1-4-2-3;;;;;/h3-7,10,14,17H,8-9H2,1-2H3;2*5-11H,1-4H3;2*3-8H,1-2H3,(H,17,18);3-5H,1-2H2;1H;;;2*1H2/q;;;;;;;2*+1;;/p-2/b4-3-;2*6-5-;2*4-3-;;;;;;. The molecule has 602 valence electrons. The number of halogens is 1. The maximum Gasteiger partial charge on any atom is 1.00 e. The smallest absolute Gasteiger partial charge is 0.870 e. The molecule has 0 saturated carbocycles.